The third-order valence-electron chi connectivity index (χ3n) is 10.0. The van der Waals surface area contributed by atoms with Crippen LogP contribution in [0.15, 0.2) is 30.5 Å². The molecule has 0 bridgehead atoms. The summed E-state index contributed by atoms with van der Waals surface area (Å²) in [5.41, 5.74) is 1.57. The fourth-order valence-corrected chi connectivity index (χ4v) is 7.23. The summed E-state index contributed by atoms with van der Waals surface area (Å²) in [6.45, 7) is 5.65. The number of benzene rings is 1. The summed E-state index contributed by atoms with van der Waals surface area (Å²) >= 11 is 0. The summed E-state index contributed by atoms with van der Waals surface area (Å²) in [6.07, 6.45) is 3.15. The highest BCUT2D eigenvalue weighted by Gasteiger charge is 2.42. The van der Waals surface area contributed by atoms with E-state index in [0.717, 1.165) is 16.5 Å². The van der Waals surface area contributed by atoms with Gasteiger partial charge in [-0.05, 0) is 56.6 Å². The van der Waals surface area contributed by atoms with Crippen LogP contribution in [0.3, 0.4) is 0 Å². The largest absolute Gasteiger partial charge is 0.391 e. The zero-order valence-corrected chi connectivity index (χ0v) is 30.6. The van der Waals surface area contributed by atoms with Crippen molar-refractivity contribution in [1.29, 1.82) is 0 Å². The Morgan fingerprint density at radius 1 is 0.943 bits per heavy atom. The molecule has 0 spiro atoms. The lowest BCUT2D eigenvalue weighted by Crippen LogP contribution is -2.59. The van der Waals surface area contributed by atoms with E-state index in [1.807, 2.05) is 38.1 Å². The lowest BCUT2D eigenvalue weighted by Gasteiger charge is -2.30. The van der Waals surface area contributed by atoms with E-state index >= 15 is 0 Å². The van der Waals surface area contributed by atoms with E-state index < -0.39 is 71.8 Å². The number of nitrogens with zero attached hydrogens (tertiary/aromatic N) is 2. The first-order valence-corrected chi connectivity index (χ1v) is 18.6. The predicted molar refractivity (Wildman–Crippen MR) is 194 cm³/mol. The lowest BCUT2D eigenvalue weighted by molar-refractivity contribution is -0.142. The van der Waals surface area contributed by atoms with Gasteiger partial charge in [-0.15, -0.1) is 0 Å². The number of amides is 7. The van der Waals surface area contributed by atoms with Crippen molar-refractivity contribution in [1.82, 2.24) is 41.4 Å². The Morgan fingerprint density at radius 3 is 2.43 bits per heavy atom. The van der Waals surface area contributed by atoms with Crippen LogP contribution >= 0.6 is 0 Å². The summed E-state index contributed by atoms with van der Waals surface area (Å²) in [4.78, 5) is 99.8. The molecule has 3 aliphatic heterocycles. The van der Waals surface area contributed by atoms with Gasteiger partial charge < -0.3 is 46.5 Å². The Bertz CT molecular complexity index is 1690. The van der Waals surface area contributed by atoms with Crippen LogP contribution in [-0.2, 0) is 40.0 Å². The molecule has 0 saturated carbocycles. The highest BCUT2D eigenvalue weighted by molar-refractivity contribution is 5.97. The van der Waals surface area contributed by atoms with E-state index in [0.29, 0.717) is 32.2 Å². The maximum Gasteiger partial charge on any atom is 0.245 e. The molecule has 3 saturated heterocycles. The summed E-state index contributed by atoms with van der Waals surface area (Å²) in [6, 6.07) is 2.13. The fraction of sp³-hybridized carbons (Fsp3) is 0.595. The molecular weight excluding hydrogens is 684 g/mol. The highest BCUT2D eigenvalue weighted by atomic mass is 16.3. The van der Waals surface area contributed by atoms with Crippen LogP contribution in [0.25, 0.3) is 10.9 Å². The number of carbonyl (C=O) groups is 7. The Morgan fingerprint density at radius 2 is 1.70 bits per heavy atom. The number of para-hydroxylation sites is 1. The normalized spacial score (nSPS) is 27.0. The van der Waals surface area contributed by atoms with Crippen molar-refractivity contribution in [3.05, 3.63) is 36.0 Å². The summed E-state index contributed by atoms with van der Waals surface area (Å²) in [5, 5.41) is 25.2. The molecule has 53 heavy (non-hydrogen) atoms. The van der Waals surface area contributed by atoms with Gasteiger partial charge in [-0.25, -0.2) is 0 Å². The molecule has 1 aromatic carbocycles. The van der Waals surface area contributed by atoms with Crippen molar-refractivity contribution in [3.63, 3.8) is 0 Å². The fourth-order valence-electron chi connectivity index (χ4n) is 7.23. The maximum atomic E-state index is 14.1. The van der Waals surface area contributed by atoms with Crippen molar-refractivity contribution in [2.75, 3.05) is 26.2 Å². The van der Waals surface area contributed by atoms with E-state index in [1.165, 1.54) is 16.7 Å². The van der Waals surface area contributed by atoms with Crippen molar-refractivity contribution in [3.8, 4) is 0 Å². The summed E-state index contributed by atoms with van der Waals surface area (Å²) in [5.74, 6) is -3.55. The maximum absolute atomic E-state index is 14.1. The number of nitrogens with one attached hydrogen (secondary N) is 6. The minimum atomic E-state index is -1.18. The quantitative estimate of drug-likeness (QED) is 0.198. The standard InChI is InChI=1S/C37H52N8O8/c1-21(2)15-29-37(53)45-19-24(46)17-30(45)36(52)38-13-7-6-11-27(41-31(47)20-44-14-8-12-32(44)48)34(50)40-22(3)33(49)42-28(35(51)43-29)16-23-18-39-26-10-5-4-9-25(23)26/h4-5,9-10,18,21-22,24,27-30,39,46H,6-8,11-17,19-20H2,1-3H3,(H,38,52)(H,40,50)(H,41,47)(H,42,49)(H,43,51)/t22-,24-,27+,28+,29-,30+/m1/s1. The smallest absolute Gasteiger partial charge is 0.245 e. The van der Waals surface area contributed by atoms with Gasteiger partial charge in [-0.1, -0.05) is 32.0 Å². The van der Waals surface area contributed by atoms with Crippen molar-refractivity contribution >= 4 is 52.3 Å². The van der Waals surface area contributed by atoms with Gasteiger partial charge in [-0.2, -0.15) is 0 Å². The van der Waals surface area contributed by atoms with Gasteiger partial charge in [0.2, 0.25) is 41.4 Å². The van der Waals surface area contributed by atoms with E-state index in [9.17, 15) is 38.7 Å². The Balaban J connectivity index is 1.42. The molecule has 2 aromatic rings. The molecule has 7 N–H and O–H groups in total. The Kier molecular flexibility index (Phi) is 13.1. The third kappa shape index (κ3) is 10.1. The lowest BCUT2D eigenvalue weighted by atomic mass is 10.00. The third-order valence-corrected chi connectivity index (χ3v) is 10.0. The Hall–Kier alpha value is -4.99. The molecule has 16 nitrogen and oxygen atoms in total. The number of aliphatic hydroxyl groups is 1. The Labute approximate surface area is 308 Å². The molecule has 6 atom stereocenters. The van der Waals surface area contributed by atoms with E-state index in [-0.39, 0.29) is 57.1 Å². The molecule has 7 amide bonds. The molecule has 3 fully saturated rings. The van der Waals surface area contributed by atoms with Crippen LogP contribution in [0.2, 0.25) is 0 Å². The number of hydrogen-bond acceptors (Lipinski definition) is 8. The molecule has 288 valence electrons. The zero-order chi connectivity index (χ0) is 38.2. The predicted octanol–water partition coefficient (Wildman–Crippen LogP) is -0.400. The van der Waals surface area contributed by atoms with Crippen molar-refractivity contribution in [2.24, 2.45) is 5.92 Å². The number of rotatable bonds is 7. The average molecular weight is 737 g/mol. The van der Waals surface area contributed by atoms with Crippen LogP contribution < -0.4 is 26.6 Å². The number of H-pyrrole nitrogens is 1. The van der Waals surface area contributed by atoms with Gasteiger partial charge >= 0.3 is 0 Å². The van der Waals surface area contributed by atoms with Crippen LogP contribution in [0.1, 0.15) is 71.3 Å². The first kappa shape index (κ1) is 39.2. The van der Waals surface area contributed by atoms with E-state index in [1.54, 1.807) is 6.20 Å². The molecule has 5 rings (SSSR count). The van der Waals surface area contributed by atoms with Gasteiger partial charge in [-0.3, -0.25) is 33.6 Å². The monoisotopic (exact) mass is 736 g/mol. The number of fused-ring (bicyclic) bond motifs is 2. The molecule has 0 unspecified atom stereocenters. The first-order chi connectivity index (χ1) is 25.3. The molecule has 0 radical (unpaired) electrons. The number of hydrogen-bond donors (Lipinski definition) is 7. The van der Waals surface area contributed by atoms with E-state index in [4.69, 9.17) is 0 Å². The minimum absolute atomic E-state index is 0.0326. The molecule has 16 heteroatoms. The number of carbonyl (C=O) groups excluding carboxylic acids is 7. The van der Waals surface area contributed by atoms with Gasteiger partial charge in [0.1, 0.15) is 30.2 Å². The number of aromatic amines is 1. The van der Waals surface area contributed by atoms with Crippen LogP contribution in [-0.4, -0.2) is 124 Å². The van der Waals surface area contributed by atoms with Crippen LogP contribution in [0, 0.1) is 5.92 Å². The van der Waals surface area contributed by atoms with Crippen molar-refractivity contribution in [2.45, 2.75) is 108 Å². The average Bonchev–Trinajstić information content (AvgIpc) is 3.83. The SMILES string of the molecule is CC(C)C[C@H]1NC(=O)[C@H](Cc2c[nH]c3ccccc23)NC(=O)[C@@H](C)NC(=O)[C@@H](NC(=O)CN2CCCC2=O)CCCCNC(=O)[C@@H]2C[C@@H](O)CN2C1=O. The summed E-state index contributed by atoms with van der Waals surface area (Å²) in [7, 11) is 0. The first-order valence-electron chi connectivity index (χ1n) is 18.6. The molecule has 1 aromatic heterocycles. The van der Waals surface area contributed by atoms with Crippen LogP contribution in [0.4, 0.5) is 0 Å². The number of aliphatic hydroxyl groups excluding tert-OH is 1. The summed E-state index contributed by atoms with van der Waals surface area (Å²) < 4.78 is 0. The second-order valence-electron chi connectivity index (χ2n) is 14.8. The van der Waals surface area contributed by atoms with Gasteiger partial charge in [0.15, 0.2) is 0 Å². The van der Waals surface area contributed by atoms with Gasteiger partial charge in [0, 0.05) is 56.0 Å². The molecule has 0 aliphatic carbocycles. The minimum Gasteiger partial charge on any atom is -0.391 e. The van der Waals surface area contributed by atoms with Crippen molar-refractivity contribution < 1.29 is 38.7 Å². The number of aromatic nitrogens is 1. The van der Waals surface area contributed by atoms with Gasteiger partial charge in [0.05, 0.1) is 12.6 Å². The zero-order valence-electron chi connectivity index (χ0n) is 30.6. The molecular formula is C37H52N8O8. The van der Waals surface area contributed by atoms with Gasteiger partial charge in [0.25, 0.3) is 0 Å². The second kappa shape index (κ2) is 17.7. The topological polar surface area (TPSA) is 222 Å². The van der Waals surface area contributed by atoms with E-state index in [2.05, 4.69) is 31.6 Å². The highest BCUT2D eigenvalue weighted by Crippen LogP contribution is 2.23. The number of likely N-dealkylation sites (tertiary alicyclic amines) is 1. The van der Waals surface area contributed by atoms with Crippen LogP contribution in [0.5, 0.6) is 0 Å². The second-order valence-corrected chi connectivity index (χ2v) is 14.8. The molecule has 3 aliphatic rings. The molecule has 4 heterocycles.